The van der Waals surface area contributed by atoms with Crippen LogP contribution in [0, 0.1) is 12.3 Å². The molecule has 1 fully saturated rings. The molecule has 9 heteroatoms. The number of halogens is 2. The number of nitrogens with one attached hydrogen (secondary N) is 1. The first-order valence-corrected chi connectivity index (χ1v) is 10.5. The summed E-state index contributed by atoms with van der Waals surface area (Å²) >= 11 is 10.7. The molecule has 1 N–H and O–H groups in total. The summed E-state index contributed by atoms with van der Waals surface area (Å²) in [5, 5.41) is 3.68. The Labute approximate surface area is 191 Å². The normalized spacial score (nSPS) is 15.8. The molecule has 1 aliphatic rings. The number of amidine groups is 1. The average Bonchev–Trinajstić information content (AvgIpc) is 3.05. The number of nitrogens with zero attached hydrogens (tertiary/aromatic N) is 1. The molecule has 6 nitrogen and oxygen atoms in total. The monoisotopic (exact) mass is 506 g/mol. The second kappa shape index (κ2) is 9.94. The van der Waals surface area contributed by atoms with E-state index in [-0.39, 0.29) is 12.5 Å². The topological polar surface area (TPSA) is 69.2 Å². The lowest BCUT2D eigenvalue weighted by Gasteiger charge is -2.12. The van der Waals surface area contributed by atoms with Gasteiger partial charge in [-0.1, -0.05) is 17.5 Å². The van der Waals surface area contributed by atoms with Crippen molar-refractivity contribution in [1.29, 1.82) is 0 Å². The van der Waals surface area contributed by atoms with E-state index in [4.69, 9.17) is 32.2 Å². The molecule has 0 aliphatic carbocycles. The van der Waals surface area contributed by atoms with Crippen molar-refractivity contribution in [2.45, 2.75) is 0 Å². The van der Waals surface area contributed by atoms with Gasteiger partial charge < -0.3 is 19.5 Å². The second-order valence-corrected chi connectivity index (χ2v) is 8.15. The Morgan fingerprint density at radius 2 is 2.03 bits per heavy atom. The maximum atomic E-state index is 12.4. The summed E-state index contributed by atoms with van der Waals surface area (Å²) in [4.78, 5) is 17.3. The predicted molar refractivity (Wildman–Crippen MR) is 124 cm³/mol. The van der Waals surface area contributed by atoms with Gasteiger partial charge in [-0.15, -0.1) is 6.42 Å². The number of thioether (sulfide) groups is 1. The van der Waals surface area contributed by atoms with Gasteiger partial charge in [0.15, 0.2) is 16.7 Å². The number of rotatable bonds is 6. The molecule has 0 aromatic heterocycles. The Bertz CT molecular complexity index is 1100. The standard InChI is InChI=1S/C21H16BrClN2O4S/c1-4-7-29-19-14(22)8-12(9-17(19)28-3)10-18-20(26)25-21(30-18)24-15-11-13(23)5-6-16(15)27-2/h1,5-6,8-11H,7H2,2-3H3,(H,24,25,26)/b18-10-. The van der Waals surface area contributed by atoms with Crippen LogP contribution in [0.25, 0.3) is 6.08 Å². The van der Waals surface area contributed by atoms with Crippen molar-refractivity contribution in [1.82, 2.24) is 5.32 Å². The lowest BCUT2D eigenvalue weighted by atomic mass is 10.2. The first-order valence-electron chi connectivity index (χ1n) is 8.52. The van der Waals surface area contributed by atoms with E-state index in [2.05, 4.69) is 32.2 Å². The maximum absolute atomic E-state index is 12.4. The highest BCUT2D eigenvalue weighted by molar-refractivity contribution is 9.10. The highest BCUT2D eigenvalue weighted by Crippen LogP contribution is 2.39. The maximum Gasteiger partial charge on any atom is 0.264 e. The Morgan fingerprint density at radius 1 is 1.27 bits per heavy atom. The molecular weight excluding hydrogens is 492 g/mol. The molecule has 0 radical (unpaired) electrons. The molecule has 154 valence electrons. The van der Waals surface area contributed by atoms with Gasteiger partial charge in [-0.2, -0.15) is 0 Å². The molecule has 1 aliphatic heterocycles. The molecular formula is C21H16BrClN2O4S. The van der Waals surface area contributed by atoms with Gasteiger partial charge >= 0.3 is 0 Å². The third kappa shape index (κ3) is 5.11. The second-order valence-electron chi connectivity index (χ2n) is 5.82. The van der Waals surface area contributed by atoms with E-state index in [0.717, 1.165) is 5.56 Å². The molecule has 1 heterocycles. The SMILES string of the molecule is C#CCOc1c(Br)cc(/C=C2\SC(=Nc3cc(Cl)ccc3OC)NC2=O)cc1OC. The highest BCUT2D eigenvalue weighted by Gasteiger charge is 2.24. The number of ether oxygens (including phenoxy) is 3. The van der Waals surface area contributed by atoms with Crippen molar-refractivity contribution in [2.75, 3.05) is 20.8 Å². The van der Waals surface area contributed by atoms with Crippen LogP contribution in [0.2, 0.25) is 5.02 Å². The summed E-state index contributed by atoms with van der Waals surface area (Å²) in [6.07, 6.45) is 6.98. The van der Waals surface area contributed by atoms with Crippen LogP contribution < -0.4 is 19.5 Å². The minimum absolute atomic E-state index is 0.112. The van der Waals surface area contributed by atoms with Gasteiger partial charge in [0.05, 0.1) is 23.6 Å². The average molecular weight is 508 g/mol. The van der Waals surface area contributed by atoms with Crippen LogP contribution in [-0.2, 0) is 4.79 Å². The zero-order valence-corrected chi connectivity index (χ0v) is 19.2. The molecule has 0 saturated carbocycles. The molecule has 2 aromatic rings. The van der Waals surface area contributed by atoms with Crippen molar-refractivity contribution >= 4 is 62.1 Å². The number of amides is 1. The number of hydrogen-bond acceptors (Lipinski definition) is 6. The van der Waals surface area contributed by atoms with E-state index in [1.165, 1.54) is 18.9 Å². The number of benzene rings is 2. The number of aliphatic imine (C=N–C) groups is 1. The molecule has 2 aromatic carbocycles. The van der Waals surface area contributed by atoms with Gasteiger partial charge in [-0.25, -0.2) is 4.99 Å². The zero-order chi connectivity index (χ0) is 21.7. The predicted octanol–water partition coefficient (Wildman–Crippen LogP) is 5.02. The Balaban J connectivity index is 1.89. The number of methoxy groups -OCH3 is 2. The molecule has 0 unspecified atom stereocenters. The molecule has 1 saturated heterocycles. The summed E-state index contributed by atoms with van der Waals surface area (Å²) in [5.74, 6) is 3.69. The van der Waals surface area contributed by atoms with E-state index in [0.29, 0.717) is 42.5 Å². The van der Waals surface area contributed by atoms with E-state index in [9.17, 15) is 4.79 Å². The van der Waals surface area contributed by atoms with Crippen molar-refractivity contribution in [3.63, 3.8) is 0 Å². The largest absolute Gasteiger partial charge is 0.494 e. The van der Waals surface area contributed by atoms with Gasteiger partial charge in [-0.3, -0.25) is 4.79 Å². The third-order valence-corrected chi connectivity index (χ3v) is 5.60. The van der Waals surface area contributed by atoms with Gasteiger partial charge in [0.1, 0.15) is 18.0 Å². The Morgan fingerprint density at radius 3 is 2.73 bits per heavy atom. The summed E-state index contributed by atoms with van der Waals surface area (Å²) in [6, 6.07) is 8.65. The van der Waals surface area contributed by atoms with Gasteiger partial charge in [0.2, 0.25) is 0 Å². The molecule has 3 rings (SSSR count). The van der Waals surface area contributed by atoms with Gasteiger partial charge in [-0.05, 0) is 69.7 Å². The fourth-order valence-electron chi connectivity index (χ4n) is 2.57. The minimum Gasteiger partial charge on any atom is -0.494 e. The quantitative estimate of drug-likeness (QED) is 0.439. The van der Waals surface area contributed by atoms with E-state index in [1.807, 2.05) is 6.07 Å². The van der Waals surface area contributed by atoms with Crippen LogP contribution in [0.3, 0.4) is 0 Å². The van der Waals surface area contributed by atoms with Crippen LogP contribution in [-0.4, -0.2) is 31.9 Å². The summed E-state index contributed by atoms with van der Waals surface area (Å²) in [5.41, 5.74) is 1.26. The molecule has 30 heavy (non-hydrogen) atoms. The van der Waals surface area contributed by atoms with Gasteiger partial charge in [0.25, 0.3) is 5.91 Å². The van der Waals surface area contributed by atoms with Crippen LogP contribution in [0.5, 0.6) is 17.2 Å². The molecule has 1 amide bonds. The van der Waals surface area contributed by atoms with Crippen molar-refractivity contribution in [2.24, 2.45) is 4.99 Å². The summed E-state index contributed by atoms with van der Waals surface area (Å²) in [7, 11) is 3.07. The lowest BCUT2D eigenvalue weighted by molar-refractivity contribution is -0.115. The van der Waals surface area contributed by atoms with Crippen molar-refractivity contribution in [3.8, 4) is 29.6 Å². The minimum atomic E-state index is -0.262. The zero-order valence-electron chi connectivity index (χ0n) is 16.0. The van der Waals surface area contributed by atoms with E-state index >= 15 is 0 Å². The van der Waals surface area contributed by atoms with Crippen LogP contribution >= 0.6 is 39.3 Å². The fourth-order valence-corrected chi connectivity index (χ4v) is 4.14. The number of terminal acetylenes is 1. The first-order chi connectivity index (χ1) is 14.4. The number of carbonyl (C=O) groups is 1. The lowest BCUT2D eigenvalue weighted by Crippen LogP contribution is -2.19. The Hall–Kier alpha value is -2.60. The smallest absolute Gasteiger partial charge is 0.264 e. The first kappa shape index (κ1) is 22.1. The fraction of sp³-hybridized carbons (Fsp3) is 0.143. The van der Waals surface area contributed by atoms with Crippen molar-refractivity contribution in [3.05, 3.63) is 50.3 Å². The molecule has 0 atom stereocenters. The highest BCUT2D eigenvalue weighted by atomic mass is 79.9. The molecule has 0 spiro atoms. The van der Waals surface area contributed by atoms with E-state index in [1.54, 1.807) is 37.5 Å². The van der Waals surface area contributed by atoms with Gasteiger partial charge in [0, 0.05) is 5.02 Å². The van der Waals surface area contributed by atoms with Crippen LogP contribution in [0.1, 0.15) is 5.56 Å². The third-order valence-electron chi connectivity index (χ3n) is 3.86. The Kier molecular flexibility index (Phi) is 7.32. The summed E-state index contributed by atoms with van der Waals surface area (Å²) < 4.78 is 16.8. The van der Waals surface area contributed by atoms with Crippen molar-refractivity contribution < 1.29 is 19.0 Å². The molecule has 0 bridgehead atoms. The number of hydrogen-bond donors (Lipinski definition) is 1. The van der Waals surface area contributed by atoms with Crippen LogP contribution in [0.15, 0.2) is 44.7 Å². The van der Waals surface area contributed by atoms with Crippen LogP contribution in [0.4, 0.5) is 5.69 Å². The number of carbonyl (C=O) groups excluding carboxylic acids is 1. The van der Waals surface area contributed by atoms with E-state index < -0.39 is 0 Å². The summed E-state index contributed by atoms with van der Waals surface area (Å²) in [6.45, 7) is 0.112.